The first-order valence-electron chi connectivity index (χ1n) is 10.7. The molecule has 31 heavy (non-hydrogen) atoms. The van der Waals surface area contributed by atoms with Gasteiger partial charge in [0.2, 0.25) is 5.95 Å². The largest absolute Gasteiger partial charge is 0.369 e. The molecule has 2 heterocycles. The Balaban J connectivity index is 1.45. The molecule has 0 radical (unpaired) electrons. The van der Waals surface area contributed by atoms with Gasteiger partial charge in [0.25, 0.3) is 0 Å². The van der Waals surface area contributed by atoms with Crippen LogP contribution in [0.3, 0.4) is 0 Å². The second-order valence-corrected chi connectivity index (χ2v) is 8.66. The van der Waals surface area contributed by atoms with Gasteiger partial charge >= 0.3 is 0 Å². The van der Waals surface area contributed by atoms with Crippen molar-refractivity contribution >= 4 is 40.4 Å². The van der Waals surface area contributed by atoms with Crippen molar-refractivity contribution < 1.29 is 0 Å². The molecule has 0 atom stereocenters. The van der Waals surface area contributed by atoms with E-state index in [0.29, 0.717) is 22.7 Å². The lowest BCUT2D eigenvalue weighted by Crippen LogP contribution is -2.44. The molecule has 0 bridgehead atoms. The van der Waals surface area contributed by atoms with Crippen LogP contribution >= 0.6 is 11.6 Å². The van der Waals surface area contributed by atoms with Crippen molar-refractivity contribution in [2.24, 2.45) is 0 Å². The van der Waals surface area contributed by atoms with Crippen molar-refractivity contribution in [1.29, 1.82) is 0 Å². The Morgan fingerprint density at radius 2 is 1.68 bits per heavy atom. The maximum atomic E-state index is 6.34. The molecule has 0 spiro atoms. The Hall–Kier alpha value is -2.83. The Kier molecular flexibility index (Phi) is 6.59. The molecule has 1 saturated heterocycles. The van der Waals surface area contributed by atoms with Gasteiger partial charge in [-0.05, 0) is 54.9 Å². The summed E-state index contributed by atoms with van der Waals surface area (Å²) in [6.07, 6.45) is 1.62. The number of nitrogens with one attached hydrogen (secondary N) is 2. The molecule has 1 aromatic heterocycles. The minimum atomic E-state index is 0.452. The average molecular weight is 437 g/mol. The van der Waals surface area contributed by atoms with Crippen molar-refractivity contribution in [2.45, 2.75) is 19.8 Å². The zero-order valence-corrected chi connectivity index (χ0v) is 19.0. The highest BCUT2D eigenvalue weighted by atomic mass is 35.5. The first kappa shape index (κ1) is 21.4. The second-order valence-electron chi connectivity index (χ2n) is 8.26. The predicted molar refractivity (Wildman–Crippen MR) is 130 cm³/mol. The molecule has 2 aromatic carbocycles. The fraction of sp³-hybridized carbons (Fsp3) is 0.333. The van der Waals surface area contributed by atoms with Crippen molar-refractivity contribution in [3.05, 3.63) is 65.3 Å². The Morgan fingerprint density at radius 1 is 0.935 bits per heavy atom. The number of piperazine rings is 1. The van der Waals surface area contributed by atoms with Gasteiger partial charge in [-0.15, -0.1) is 0 Å². The molecule has 4 rings (SSSR count). The van der Waals surface area contributed by atoms with E-state index in [0.717, 1.165) is 37.6 Å². The van der Waals surface area contributed by atoms with E-state index in [2.05, 4.69) is 87.7 Å². The van der Waals surface area contributed by atoms with Gasteiger partial charge in [0.1, 0.15) is 5.02 Å². The van der Waals surface area contributed by atoms with Crippen molar-refractivity contribution in [3.63, 3.8) is 0 Å². The van der Waals surface area contributed by atoms with E-state index < -0.39 is 0 Å². The predicted octanol–water partition coefficient (Wildman–Crippen LogP) is 5.49. The van der Waals surface area contributed by atoms with Gasteiger partial charge < -0.3 is 20.4 Å². The standard InChI is InChI=1S/C24H29ClN6/c1-17(2)18-5-4-6-20(15-18)27-23-22(25)16-26-24(29-23)28-19-7-9-21(10-8-19)31-13-11-30(3)12-14-31/h4-10,15-17H,11-14H2,1-3H3,(H2,26,27,28,29). The topological polar surface area (TPSA) is 56.3 Å². The summed E-state index contributed by atoms with van der Waals surface area (Å²) in [7, 11) is 2.17. The quantitative estimate of drug-likeness (QED) is 0.532. The van der Waals surface area contributed by atoms with Crippen molar-refractivity contribution in [1.82, 2.24) is 14.9 Å². The van der Waals surface area contributed by atoms with Crippen LogP contribution in [0.25, 0.3) is 0 Å². The molecule has 0 unspecified atom stereocenters. The second kappa shape index (κ2) is 9.54. The summed E-state index contributed by atoms with van der Waals surface area (Å²) in [5.41, 5.74) is 4.39. The zero-order valence-electron chi connectivity index (χ0n) is 18.3. The van der Waals surface area contributed by atoms with E-state index >= 15 is 0 Å². The SMILES string of the molecule is CC(C)c1cccc(Nc2nc(Nc3ccc(N4CCN(C)CC4)cc3)ncc2Cl)c1. The number of hydrogen-bond acceptors (Lipinski definition) is 6. The smallest absolute Gasteiger partial charge is 0.229 e. The van der Waals surface area contributed by atoms with Gasteiger partial charge in [-0.2, -0.15) is 4.98 Å². The third-order valence-corrected chi connectivity index (χ3v) is 5.83. The molecule has 0 amide bonds. The van der Waals surface area contributed by atoms with Crippen LogP contribution in [-0.4, -0.2) is 48.1 Å². The third kappa shape index (κ3) is 5.46. The Bertz CT molecular complexity index is 1010. The number of aromatic nitrogens is 2. The van der Waals surface area contributed by atoms with Crippen LogP contribution in [0.15, 0.2) is 54.7 Å². The summed E-state index contributed by atoms with van der Waals surface area (Å²) in [6.45, 7) is 8.64. The maximum absolute atomic E-state index is 6.34. The summed E-state index contributed by atoms with van der Waals surface area (Å²) < 4.78 is 0. The summed E-state index contributed by atoms with van der Waals surface area (Å²) in [4.78, 5) is 13.7. The number of likely N-dealkylation sites (N-methyl/N-ethyl adjacent to an activating group) is 1. The molecule has 2 N–H and O–H groups in total. The fourth-order valence-corrected chi connectivity index (χ4v) is 3.71. The van der Waals surface area contributed by atoms with Crippen LogP contribution in [0, 0.1) is 0 Å². The van der Waals surface area contributed by atoms with Gasteiger partial charge in [0.05, 0.1) is 6.20 Å². The molecule has 1 fully saturated rings. The summed E-state index contributed by atoms with van der Waals surface area (Å²) in [6, 6.07) is 16.7. The molecule has 7 heteroatoms. The van der Waals surface area contributed by atoms with Gasteiger partial charge in [0, 0.05) is 43.2 Å². The molecule has 6 nitrogen and oxygen atoms in total. The zero-order chi connectivity index (χ0) is 21.8. The van der Waals surface area contributed by atoms with Gasteiger partial charge in [0.15, 0.2) is 5.82 Å². The molecule has 0 saturated carbocycles. The van der Waals surface area contributed by atoms with Crippen LogP contribution in [0.5, 0.6) is 0 Å². The normalized spacial score (nSPS) is 14.7. The highest BCUT2D eigenvalue weighted by Crippen LogP contribution is 2.27. The van der Waals surface area contributed by atoms with Crippen LogP contribution in [0.1, 0.15) is 25.3 Å². The molecular formula is C24H29ClN6. The Morgan fingerprint density at radius 3 is 2.39 bits per heavy atom. The number of hydrogen-bond donors (Lipinski definition) is 2. The van der Waals surface area contributed by atoms with Gasteiger partial charge in [-0.1, -0.05) is 37.6 Å². The van der Waals surface area contributed by atoms with E-state index in [9.17, 15) is 0 Å². The third-order valence-electron chi connectivity index (χ3n) is 5.55. The van der Waals surface area contributed by atoms with E-state index in [1.807, 2.05) is 12.1 Å². The van der Waals surface area contributed by atoms with Crippen molar-refractivity contribution in [2.75, 3.05) is 48.8 Å². The van der Waals surface area contributed by atoms with E-state index in [4.69, 9.17) is 11.6 Å². The first-order valence-corrected chi connectivity index (χ1v) is 11.1. The number of benzene rings is 2. The van der Waals surface area contributed by atoms with E-state index in [1.54, 1.807) is 6.20 Å². The van der Waals surface area contributed by atoms with Gasteiger partial charge in [-0.3, -0.25) is 0 Å². The Labute approximate surface area is 189 Å². The minimum Gasteiger partial charge on any atom is -0.369 e. The van der Waals surface area contributed by atoms with Crippen LogP contribution in [0.2, 0.25) is 5.02 Å². The highest BCUT2D eigenvalue weighted by molar-refractivity contribution is 6.32. The summed E-state index contributed by atoms with van der Waals surface area (Å²) in [5.74, 6) is 1.53. The lowest BCUT2D eigenvalue weighted by Gasteiger charge is -2.34. The monoisotopic (exact) mass is 436 g/mol. The van der Waals surface area contributed by atoms with E-state index in [-0.39, 0.29) is 0 Å². The lowest BCUT2D eigenvalue weighted by atomic mass is 10.0. The molecular weight excluding hydrogens is 408 g/mol. The fourth-order valence-electron chi connectivity index (χ4n) is 3.58. The molecule has 162 valence electrons. The number of rotatable bonds is 6. The van der Waals surface area contributed by atoms with Crippen LogP contribution in [-0.2, 0) is 0 Å². The average Bonchev–Trinajstić information content (AvgIpc) is 2.77. The molecule has 0 aliphatic carbocycles. The van der Waals surface area contributed by atoms with E-state index in [1.165, 1.54) is 11.3 Å². The lowest BCUT2D eigenvalue weighted by molar-refractivity contribution is 0.313. The number of anilines is 5. The van der Waals surface area contributed by atoms with Crippen LogP contribution in [0.4, 0.5) is 28.8 Å². The summed E-state index contributed by atoms with van der Waals surface area (Å²) >= 11 is 6.34. The van der Waals surface area contributed by atoms with Gasteiger partial charge in [-0.25, -0.2) is 4.98 Å². The number of halogens is 1. The molecule has 3 aromatic rings. The van der Waals surface area contributed by atoms with Crippen LogP contribution < -0.4 is 15.5 Å². The highest BCUT2D eigenvalue weighted by Gasteiger charge is 2.14. The van der Waals surface area contributed by atoms with Crippen molar-refractivity contribution in [3.8, 4) is 0 Å². The molecule has 1 aliphatic heterocycles. The molecule has 1 aliphatic rings. The first-order chi connectivity index (χ1) is 15.0. The maximum Gasteiger partial charge on any atom is 0.229 e. The summed E-state index contributed by atoms with van der Waals surface area (Å²) in [5, 5.41) is 7.07. The minimum absolute atomic E-state index is 0.452. The number of nitrogens with zero attached hydrogens (tertiary/aromatic N) is 4.